The van der Waals surface area contributed by atoms with Crippen molar-refractivity contribution >= 4 is 28.3 Å². The van der Waals surface area contributed by atoms with Crippen molar-refractivity contribution in [2.75, 3.05) is 11.9 Å². The van der Waals surface area contributed by atoms with Gasteiger partial charge in [-0.1, -0.05) is 24.7 Å². The van der Waals surface area contributed by atoms with Crippen LogP contribution in [0, 0.1) is 0 Å². The van der Waals surface area contributed by atoms with E-state index >= 15 is 0 Å². The van der Waals surface area contributed by atoms with E-state index in [2.05, 4.69) is 10.3 Å². The second-order valence-electron chi connectivity index (χ2n) is 3.45. The first-order chi connectivity index (χ1) is 8.08. The van der Waals surface area contributed by atoms with E-state index in [0.29, 0.717) is 28.7 Å². The smallest absolute Gasteiger partial charge is 0.350 e. The van der Waals surface area contributed by atoms with Crippen LogP contribution >= 0.6 is 11.3 Å². The van der Waals surface area contributed by atoms with Crippen molar-refractivity contribution in [2.24, 2.45) is 0 Å². The van der Waals surface area contributed by atoms with Gasteiger partial charge in [-0.2, -0.15) is 0 Å². The Labute approximate surface area is 104 Å². The Kier molecular flexibility index (Phi) is 5.09. The van der Waals surface area contributed by atoms with Crippen LogP contribution in [0.5, 0.6) is 0 Å². The van der Waals surface area contributed by atoms with Crippen LogP contribution in [-0.2, 0) is 16.0 Å². The van der Waals surface area contributed by atoms with Gasteiger partial charge in [-0.05, 0) is 13.3 Å². The molecule has 17 heavy (non-hydrogen) atoms. The normalized spacial score (nSPS) is 10.1. The number of aryl methyl sites for hydroxylation is 1. The lowest BCUT2D eigenvalue weighted by Crippen LogP contribution is -2.05. The van der Waals surface area contributed by atoms with E-state index in [0.717, 1.165) is 17.8 Å². The van der Waals surface area contributed by atoms with Crippen LogP contribution in [0.3, 0.4) is 0 Å². The third kappa shape index (κ3) is 3.81. The van der Waals surface area contributed by atoms with Crippen LogP contribution in [0.15, 0.2) is 0 Å². The van der Waals surface area contributed by atoms with Gasteiger partial charge in [0, 0.05) is 6.92 Å². The number of carbonyl (C=O) groups is 2. The van der Waals surface area contributed by atoms with E-state index in [1.54, 1.807) is 6.92 Å². The summed E-state index contributed by atoms with van der Waals surface area (Å²) in [5.74, 6) is -0.567. The highest BCUT2D eigenvalue weighted by Crippen LogP contribution is 2.25. The van der Waals surface area contributed by atoms with Gasteiger partial charge >= 0.3 is 5.97 Å². The number of aromatic nitrogens is 1. The van der Waals surface area contributed by atoms with E-state index in [-0.39, 0.29) is 11.9 Å². The highest BCUT2D eigenvalue weighted by atomic mass is 32.1. The molecule has 1 aromatic heterocycles. The largest absolute Gasteiger partial charge is 0.462 e. The van der Waals surface area contributed by atoms with Crippen molar-refractivity contribution in [1.82, 2.24) is 4.98 Å². The summed E-state index contributed by atoms with van der Waals surface area (Å²) in [7, 11) is 0. The zero-order valence-electron chi connectivity index (χ0n) is 10.2. The Bertz CT molecular complexity index is 415. The topological polar surface area (TPSA) is 68.3 Å². The molecule has 1 aromatic rings. The average molecular weight is 256 g/mol. The molecule has 0 aliphatic heterocycles. The lowest BCUT2D eigenvalue weighted by Gasteiger charge is -2.00. The minimum absolute atomic E-state index is 0.197. The molecule has 1 rings (SSSR count). The van der Waals surface area contributed by atoms with Gasteiger partial charge in [0.05, 0.1) is 12.3 Å². The fourth-order valence-electron chi connectivity index (χ4n) is 1.32. The maximum Gasteiger partial charge on any atom is 0.350 e. The maximum absolute atomic E-state index is 11.7. The monoisotopic (exact) mass is 256 g/mol. The number of amides is 1. The number of carbonyl (C=O) groups excluding carboxylic acids is 2. The molecule has 0 aliphatic carbocycles. The molecule has 0 atom stereocenters. The molecule has 5 nitrogen and oxygen atoms in total. The van der Waals surface area contributed by atoms with Gasteiger partial charge in [0.15, 0.2) is 5.13 Å². The number of anilines is 1. The van der Waals surface area contributed by atoms with Gasteiger partial charge in [-0.25, -0.2) is 9.78 Å². The third-order valence-electron chi connectivity index (χ3n) is 1.93. The fraction of sp³-hybridized carbons (Fsp3) is 0.545. The lowest BCUT2D eigenvalue weighted by atomic mass is 10.2. The molecule has 0 fully saturated rings. The molecular formula is C11H16N2O3S. The Morgan fingerprint density at radius 2 is 2.12 bits per heavy atom. The summed E-state index contributed by atoms with van der Waals surface area (Å²) >= 11 is 1.16. The van der Waals surface area contributed by atoms with Crippen molar-refractivity contribution in [2.45, 2.75) is 33.6 Å². The second kappa shape index (κ2) is 6.34. The Hall–Kier alpha value is -1.43. The Morgan fingerprint density at radius 3 is 2.65 bits per heavy atom. The number of hydrogen-bond donors (Lipinski definition) is 1. The standard InChI is InChI=1S/C11H16N2O3S/c1-4-6-8-9(10(15)16-5-2)17-11(13-8)12-7(3)14/h4-6H2,1-3H3,(H,12,13,14). The van der Waals surface area contributed by atoms with Crippen molar-refractivity contribution in [3.63, 3.8) is 0 Å². The third-order valence-corrected chi connectivity index (χ3v) is 2.92. The van der Waals surface area contributed by atoms with E-state index in [9.17, 15) is 9.59 Å². The number of thiazole rings is 1. The minimum Gasteiger partial charge on any atom is -0.462 e. The summed E-state index contributed by atoms with van der Waals surface area (Å²) in [6, 6.07) is 0. The molecule has 0 saturated carbocycles. The fourth-order valence-corrected chi connectivity index (χ4v) is 2.27. The predicted molar refractivity (Wildman–Crippen MR) is 66.4 cm³/mol. The molecule has 1 N–H and O–H groups in total. The molecule has 0 spiro atoms. The van der Waals surface area contributed by atoms with Crippen LogP contribution < -0.4 is 5.32 Å². The maximum atomic E-state index is 11.7. The molecule has 0 aromatic carbocycles. The number of nitrogens with one attached hydrogen (secondary N) is 1. The summed E-state index contributed by atoms with van der Waals surface area (Å²) in [6.07, 6.45) is 1.58. The van der Waals surface area contributed by atoms with E-state index in [4.69, 9.17) is 4.74 Å². The zero-order chi connectivity index (χ0) is 12.8. The highest BCUT2D eigenvalue weighted by Gasteiger charge is 2.18. The number of hydrogen-bond acceptors (Lipinski definition) is 5. The molecular weight excluding hydrogens is 240 g/mol. The molecule has 0 bridgehead atoms. The number of rotatable bonds is 5. The summed E-state index contributed by atoms with van der Waals surface area (Å²) < 4.78 is 4.95. The Balaban J connectivity index is 2.95. The average Bonchev–Trinajstić information content (AvgIpc) is 2.61. The predicted octanol–water partition coefficient (Wildman–Crippen LogP) is 2.23. The quantitative estimate of drug-likeness (QED) is 0.820. The van der Waals surface area contributed by atoms with Crippen molar-refractivity contribution in [3.05, 3.63) is 10.6 Å². The first-order valence-corrected chi connectivity index (χ1v) is 6.34. The van der Waals surface area contributed by atoms with Gasteiger partial charge in [0.1, 0.15) is 4.88 Å². The molecule has 94 valence electrons. The minimum atomic E-state index is -0.370. The van der Waals surface area contributed by atoms with Gasteiger partial charge < -0.3 is 10.1 Å². The summed E-state index contributed by atoms with van der Waals surface area (Å²) in [6.45, 7) is 5.50. The van der Waals surface area contributed by atoms with E-state index < -0.39 is 0 Å². The second-order valence-corrected chi connectivity index (χ2v) is 4.45. The number of ether oxygens (including phenoxy) is 1. The van der Waals surface area contributed by atoms with Crippen molar-refractivity contribution in [3.8, 4) is 0 Å². The summed E-state index contributed by atoms with van der Waals surface area (Å²) in [4.78, 5) is 27.3. The van der Waals surface area contributed by atoms with Gasteiger partial charge in [-0.15, -0.1) is 0 Å². The van der Waals surface area contributed by atoms with Gasteiger partial charge in [0.25, 0.3) is 0 Å². The zero-order valence-corrected chi connectivity index (χ0v) is 11.0. The van der Waals surface area contributed by atoms with Crippen LogP contribution in [-0.4, -0.2) is 23.5 Å². The van der Waals surface area contributed by atoms with Crippen molar-refractivity contribution < 1.29 is 14.3 Å². The van der Waals surface area contributed by atoms with Crippen LogP contribution in [0.2, 0.25) is 0 Å². The molecule has 0 unspecified atom stereocenters. The van der Waals surface area contributed by atoms with Gasteiger partial charge in [-0.3, -0.25) is 4.79 Å². The molecule has 6 heteroatoms. The van der Waals surface area contributed by atoms with Crippen LogP contribution in [0.4, 0.5) is 5.13 Å². The molecule has 1 heterocycles. The van der Waals surface area contributed by atoms with Crippen LogP contribution in [0.25, 0.3) is 0 Å². The molecule has 0 saturated heterocycles. The molecule has 0 aliphatic rings. The number of nitrogens with zero attached hydrogens (tertiary/aromatic N) is 1. The molecule has 1 amide bonds. The molecule has 0 radical (unpaired) electrons. The highest BCUT2D eigenvalue weighted by molar-refractivity contribution is 7.17. The summed E-state index contributed by atoms with van der Waals surface area (Å²) in [5, 5.41) is 3.03. The first kappa shape index (κ1) is 13.6. The number of esters is 1. The van der Waals surface area contributed by atoms with Gasteiger partial charge in [0.2, 0.25) is 5.91 Å². The SMILES string of the molecule is CCCc1nc(NC(C)=O)sc1C(=O)OCC. The lowest BCUT2D eigenvalue weighted by molar-refractivity contribution is -0.114. The first-order valence-electron chi connectivity index (χ1n) is 5.52. The van der Waals surface area contributed by atoms with Crippen molar-refractivity contribution in [1.29, 1.82) is 0 Å². The van der Waals surface area contributed by atoms with E-state index in [1.165, 1.54) is 6.92 Å². The van der Waals surface area contributed by atoms with E-state index in [1.807, 2.05) is 6.92 Å². The Morgan fingerprint density at radius 1 is 1.41 bits per heavy atom. The summed E-state index contributed by atoms with van der Waals surface area (Å²) in [5.41, 5.74) is 0.694. The van der Waals surface area contributed by atoms with Crippen LogP contribution in [0.1, 0.15) is 42.6 Å².